The smallest absolute Gasteiger partial charge is 0.416 e. The molecule has 3 aromatic carbocycles. The molecule has 4 rings (SSSR count). The summed E-state index contributed by atoms with van der Waals surface area (Å²) in [6, 6.07) is 17.1. The summed E-state index contributed by atoms with van der Waals surface area (Å²) in [6.07, 6.45) is -4.44. The second kappa shape index (κ2) is 10.9. The summed E-state index contributed by atoms with van der Waals surface area (Å²) in [4.78, 5) is 22.9. The predicted molar refractivity (Wildman–Crippen MR) is 134 cm³/mol. The number of rotatable bonds is 8. The van der Waals surface area contributed by atoms with Gasteiger partial charge in [0.05, 0.1) is 22.1 Å². The first-order valence-corrected chi connectivity index (χ1v) is 11.5. The number of hydrogen-bond donors (Lipinski definition) is 1. The predicted octanol–water partition coefficient (Wildman–Crippen LogP) is 6.65. The molecule has 0 fully saturated rings. The molecule has 38 heavy (non-hydrogen) atoms. The largest absolute Gasteiger partial charge is 0.487 e. The van der Waals surface area contributed by atoms with Crippen LogP contribution in [0.3, 0.4) is 0 Å². The average Bonchev–Trinajstić information content (AvgIpc) is 3.21. The van der Waals surface area contributed by atoms with Gasteiger partial charge in [0.15, 0.2) is 5.82 Å². The molecule has 0 unspecified atom stereocenters. The van der Waals surface area contributed by atoms with Gasteiger partial charge in [0, 0.05) is 29.5 Å². The summed E-state index contributed by atoms with van der Waals surface area (Å²) in [7, 11) is 0. The van der Waals surface area contributed by atoms with Crippen LogP contribution in [0, 0.1) is 17.0 Å². The minimum atomic E-state index is -4.44. The highest BCUT2D eigenvalue weighted by molar-refractivity contribution is 6.32. The van der Waals surface area contributed by atoms with Crippen LogP contribution in [-0.2, 0) is 19.3 Å². The molecule has 1 amide bonds. The van der Waals surface area contributed by atoms with Gasteiger partial charge in [-0.2, -0.15) is 18.3 Å². The Bertz CT molecular complexity index is 1490. The second-order valence-electron chi connectivity index (χ2n) is 8.34. The molecule has 0 spiro atoms. The number of nitro groups is 1. The van der Waals surface area contributed by atoms with Crippen molar-refractivity contribution in [2.45, 2.75) is 26.3 Å². The minimum Gasteiger partial charge on any atom is -0.487 e. The van der Waals surface area contributed by atoms with E-state index in [0.717, 1.165) is 17.7 Å². The Kier molecular flexibility index (Phi) is 7.67. The number of carbonyl (C=O) groups excluding carboxylic acids is 1. The van der Waals surface area contributed by atoms with E-state index in [0.29, 0.717) is 16.8 Å². The van der Waals surface area contributed by atoms with Crippen LogP contribution in [-0.4, -0.2) is 20.6 Å². The number of non-ortho nitro benzene ring substituents is 1. The molecule has 0 radical (unpaired) electrons. The summed E-state index contributed by atoms with van der Waals surface area (Å²) in [5, 5.41) is 17.9. The Labute approximate surface area is 219 Å². The molecule has 0 aliphatic rings. The average molecular weight is 545 g/mol. The number of carbonyl (C=O) groups is 1. The number of benzene rings is 3. The summed E-state index contributed by atoms with van der Waals surface area (Å²) in [6.45, 7) is 1.97. The normalized spacial score (nSPS) is 11.3. The summed E-state index contributed by atoms with van der Waals surface area (Å²) in [5.74, 6) is 0.134. The lowest BCUT2D eigenvalue weighted by atomic mass is 10.1. The zero-order chi connectivity index (χ0) is 27.4. The molecule has 196 valence electrons. The lowest BCUT2D eigenvalue weighted by Crippen LogP contribution is -2.13. The maximum Gasteiger partial charge on any atom is 0.416 e. The number of ether oxygens (including phenoxy) is 1. The number of nitrogens with zero attached hydrogens (tertiary/aromatic N) is 3. The highest BCUT2D eigenvalue weighted by Gasteiger charge is 2.30. The molecule has 1 N–H and O–H groups in total. The summed E-state index contributed by atoms with van der Waals surface area (Å²) in [5.41, 5.74) is 1.29. The van der Waals surface area contributed by atoms with Crippen molar-refractivity contribution in [1.29, 1.82) is 0 Å². The van der Waals surface area contributed by atoms with Gasteiger partial charge in [0.2, 0.25) is 0 Å². The molecule has 0 saturated carbocycles. The van der Waals surface area contributed by atoms with Gasteiger partial charge in [-0.15, -0.1) is 0 Å². The van der Waals surface area contributed by atoms with Crippen molar-refractivity contribution in [3.8, 4) is 5.75 Å². The SMILES string of the molecule is Cc1cc(NC(=O)c2ccc(COc3ccc([N+](=O)[O-])cc3Cl)cc2)nn1Cc1cccc(C(F)(F)F)c1. The van der Waals surface area contributed by atoms with E-state index < -0.39 is 22.6 Å². The van der Waals surface area contributed by atoms with Crippen LogP contribution < -0.4 is 10.1 Å². The van der Waals surface area contributed by atoms with E-state index in [-0.39, 0.29) is 35.4 Å². The lowest BCUT2D eigenvalue weighted by molar-refractivity contribution is -0.384. The maximum atomic E-state index is 13.0. The highest BCUT2D eigenvalue weighted by Crippen LogP contribution is 2.30. The van der Waals surface area contributed by atoms with Gasteiger partial charge in [0.1, 0.15) is 12.4 Å². The van der Waals surface area contributed by atoms with E-state index in [1.54, 1.807) is 43.3 Å². The molecule has 0 aliphatic heterocycles. The summed E-state index contributed by atoms with van der Waals surface area (Å²) < 4.78 is 46.1. The van der Waals surface area contributed by atoms with Gasteiger partial charge >= 0.3 is 6.18 Å². The number of amides is 1. The molecule has 1 aromatic heterocycles. The van der Waals surface area contributed by atoms with Crippen LogP contribution in [0.4, 0.5) is 24.7 Å². The number of hydrogen-bond acceptors (Lipinski definition) is 5. The standard InChI is InChI=1S/C26H20ClF3N4O4/c1-16-11-24(32-33(16)14-18-3-2-4-20(12-18)26(28,29)30)31-25(35)19-7-5-17(6-8-19)15-38-23-10-9-21(34(36)37)13-22(23)27/h2-13H,14-15H2,1H3,(H,31,32,35). The van der Waals surface area contributed by atoms with Crippen molar-refractivity contribution in [1.82, 2.24) is 9.78 Å². The van der Waals surface area contributed by atoms with E-state index in [9.17, 15) is 28.1 Å². The minimum absolute atomic E-state index is 0.109. The molecule has 8 nitrogen and oxygen atoms in total. The molecule has 4 aromatic rings. The third-order valence-corrected chi connectivity index (χ3v) is 5.84. The van der Waals surface area contributed by atoms with Gasteiger partial charge in [-0.3, -0.25) is 19.6 Å². The quantitative estimate of drug-likeness (QED) is 0.198. The highest BCUT2D eigenvalue weighted by atomic mass is 35.5. The fourth-order valence-corrected chi connectivity index (χ4v) is 3.80. The van der Waals surface area contributed by atoms with E-state index in [1.165, 1.54) is 28.9 Å². The zero-order valence-corrected chi connectivity index (χ0v) is 20.6. The molecular formula is C26H20ClF3N4O4. The van der Waals surface area contributed by atoms with Crippen LogP contribution in [0.15, 0.2) is 72.8 Å². The van der Waals surface area contributed by atoms with Gasteiger partial charge in [-0.25, -0.2) is 0 Å². The molecule has 0 bridgehead atoms. The first-order chi connectivity index (χ1) is 18.0. The van der Waals surface area contributed by atoms with E-state index in [4.69, 9.17) is 16.3 Å². The number of nitro benzene ring substituents is 1. The van der Waals surface area contributed by atoms with Gasteiger partial charge < -0.3 is 10.1 Å². The van der Waals surface area contributed by atoms with Crippen molar-refractivity contribution in [2.24, 2.45) is 0 Å². The van der Waals surface area contributed by atoms with E-state index in [2.05, 4.69) is 10.4 Å². The molecule has 1 heterocycles. The van der Waals surface area contributed by atoms with Crippen LogP contribution in [0.5, 0.6) is 5.75 Å². The van der Waals surface area contributed by atoms with Crippen LogP contribution >= 0.6 is 11.6 Å². The lowest BCUT2D eigenvalue weighted by Gasteiger charge is -2.10. The Morgan fingerprint density at radius 1 is 1.08 bits per heavy atom. The van der Waals surface area contributed by atoms with Crippen LogP contribution in [0.2, 0.25) is 5.02 Å². The van der Waals surface area contributed by atoms with Crippen molar-refractivity contribution in [3.63, 3.8) is 0 Å². The maximum absolute atomic E-state index is 13.0. The number of nitrogens with one attached hydrogen (secondary N) is 1. The second-order valence-corrected chi connectivity index (χ2v) is 8.75. The summed E-state index contributed by atoms with van der Waals surface area (Å²) >= 11 is 6.03. The number of halogens is 4. The number of anilines is 1. The first kappa shape index (κ1) is 26.7. The molecule has 0 aliphatic carbocycles. The first-order valence-electron chi connectivity index (χ1n) is 11.2. The van der Waals surface area contributed by atoms with Crippen molar-refractivity contribution >= 4 is 29.0 Å². The monoisotopic (exact) mass is 544 g/mol. The zero-order valence-electron chi connectivity index (χ0n) is 19.8. The molecule has 12 heteroatoms. The van der Waals surface area contributed by atoms with Gasteiger partial charge in [-0.1, -0.05) is 35.9 Å². The van der Waals surface area contributed by atoms with Crippen LogP contribution in [0.25, 0.3) is 0 Å². The molecular weight excluding hydrogens is 525 g/mol. The number of alkyl halides is 3. The Hall–Kier alpha value is -4.38. The number of aromatic nitrogens is 2. The molecule has 0 atom stereocenters. The third kappa shape index (κ3) is 6.48. The van der Waals surface area contributed by atoms with Crippen molar-refractivity contribution in [2.75, 3.05) is 5.32 Å². The van der Waals surface area contributed by atoms with Crippen molar-refractivity contribution in [3.05, 3.63) is 116 Å². The van der Waals surface area contributed by atoms with Gasteiger partial charge in [0.25, 0.3) is 11.6 Å². The fourth-order valence-electron chi connectivity index (χ4n) is 3.57. The Balaban J connectivity index is 1.36. The van der Waals surface area contributed by atoms with Crippen LogP contribution in [0.1, 0.15) is 32.7 Å². The van der Waals surface area contributed by atoms with E-state index in [1.807, 2.05) is 0 Å². The Morgan fingerprint density at radius 3 is 2.47 bits per heavy atom. The van der Waals surface area contributed by atoms with E-state index >= 15 is 0 Å². The van der Waals surface area contributed by atoms with Gasteiger partial charge in [-0.05, 0) is 48.4 Å². The topological polar surface area (TPSA) is 99.3 Å². The van der Waals surface area contributed by atoms with Crippen molar-refractivity contribution < 1.29 is 27.6 Å². The Morgan fingerprint density at radius 2 is 1.82 bits per heavy atom. The fraction of sp³-hybridized carbons (Fsp3) is 0.154. The molecule has 0 saturated heterocycles. The third-order valence-electron chi connectivity index (χ3n) is 5.55. The number of aryl methyl sites for hydroxylation is 1.